The van der Waals surface area contributed by atoms with Gasteiger partial charge in [-0.15, -0.1) is 10.2 Å². The lowest BCUT2D eigenvalue weighted by Crippen LogP contribution is -2.37. The Balaban J connectivity index is 1.25. The van der Waals surface area contributed by atoms with Gasteiger partial charge in [0.25, 0.3) is 5.91 Å². The first-order chi connectivity index (χ1) is 15.1. The highest BCUT2D eigenvalue weighted by Crippen LogP contribution is 2.16. The summed E-state index contributed by atoms with van der Waals surface area (Å²) < 4.78 is 18.1. The van der Waals surface area contributed by atoms with E-state index in [2.05, 4.69) is 20.6 Å². The van der Waals surface area contributed by atoms with Gasteiger partial charge in [-0.2, -0.15) is 5.10 Å². The summed E-state index contributed by atoms with van der Waals surface area (Å²) in [4.78, 5) is 25.6. The SMILES string of the molecule is O=C(NC1CCc2nn(Cc3ccc(F)cc3)c(=O)n2CC1)c1nnc2n1CCCC2. The predicted molar refractivity (Wildman–Crippen MR) is 109 cm³/mol. The van der Waals surface area contributed by atoms with E-state index >= 15 is 0 Å². The Bertz CT molecular complexity index is 1160. The van der Waals surface area contributed by atoms with Crippen molar-refractivity contribution < 1.29 is 9.18 Å². The fraction of sp³-hybridized carbons (Fsp3) is 0.476. The molecule has 0 fully saturated rings. The number of hydrogen-bond acceptors (Lipinski definition) is 5. The van der Waals surface area contributed by atoms with E-state index in [1.165, 1.54) is 16.8 Å². The number of amides is 1. The van der Waals surface area contributed by atoms with E-state index in [1.54, 1.807) is 16.7 Å². The molecule has 1 N–H and O–H groups in total. The Morgan fingerprint density at radius 3 is 2.71 bits per heavy atom. The van der Waals surface area contributed by atoms with Crippen LogP contribution in [-0.4, -0.2) is 41.1 Å². The quantitative estimate of drug-likeness (QED) is 0.679. The second kappa shape index (κ2) is 8.09. The van der Waals surface area contributed by atoms with Gasteiger partial charge in [-0.25, -0.2) is 13.9 Å². The fourth-order valence-electron chi connectivity index (χ4n) is 4.36. The number of halogens is 1. The summed E-state index contributed by atoms with van der Waals surface area (Å²) >= 11 is 0. The zero-order chi connectivity index (χ0) is 21.4. The minimum absolute atomic E-state index is 0.0595. The average Bonchev–Trinajstić information content (AvgIpc) is 3.26. The number of nitrogens with zero attached hydrogens (tertiary/aromatic N) is 6. The summed E-state index contributed by atoms with van der Waals surface area (Å²) in [5.41, 5.74) is 0.636. The molecule has 162 valence electrons. The maximum atomic E-state index is 13.1. The van der Waals surface area contributed by atoms with Gasteiger partial charge in [0.05, 0.1) is 6.54 Å². The maximum absolute atomic E-state index is 13.1. The summed E-state index contributed by atoms with van der Waals surface area (Å²) in [6, 6.07) is 6.00. The van der Waals surface area contributed by atoms with Crippen molar-refractivity contribution in [2.24, 2.45) is 0 Å². The van der Waals surface area contributed by atoms with Crippen LogP contribution in [0.1, 0.15) is 53.5 Å². The number of nitrogens with one attached hydrogen (secondary N) is 1. The first kappa shape index (κ1) is 19.7. The molecule has 0 aliphatic carbocycles. The van der Waals surface area contributed by atoms with Crippen molar-refractivity contribution >= 4 is 5.91 Å². The monoisotopic (exact) mass is 425 g/mol. The molecule has 5 rings (SSSR count). The van der Waals surface area contributed by atoms with E-state index in [4.69, 9.17) is 0 Å². The van der Waals surface area contributed by atoms with E-state index in [1.807, 2.05) is 4.57 Å². The molecular formula is C21H24FN7O2. The lowest BCUT2D eigenvalue weighted by Gasteiger charge is -2.18. The Morgan fingerprint density at radius 2 is 1.87 bits per heavy atom. The van der Waals surface area contributed by atoms with Crippen molar-refractivity contribution in [3.8, 4) is 0 Å². The van der Waals surface area contributed by atoms with Crippen molar-refractivity contribution in [1.29, 1.82) is 0 Å². The van der Waals surface area contributed by atoms with Gasteiger partial charge in [-0.1, -0.05) is 12.1 Å². The van der Waals surface area contributed by atoms with Gasteiger partial charge in [0, 0.05) is 32.0 Å². The number of aryl methyl sites for hydroxylation is 2. The molecule has 1 atom stereocenters. The molecule has 4 heterocycles. The Kier molecular flexibility index (Phi) is 5.13. The van der Waals surface area contributed by atoms with Crippen LogP contribution in [-0.2, 0) is 32.5 Å². The van der Waals surface area contributed by atoms with E-state index in [0.29, 0.717) is 44.0 Å². The third-order valence-electron chi connectivity index (χ3n) is 6.06. The molecule has 2 aliphatic rings. The Hall–Kier alpha value is -3.30. The lowest BCUT2D eigenvalue weighted by molar-refractivity contribution is 0.0916. The Morgan fingerprint density at radius 1 is 1.03 bits per heavy atom. The molecule has 0 spiro atoms. The number of carbonyl (C=O) groups excluding carboxylic acids is 1. The van der Waals surface area contributed by atoms with Crippen LogP contribution in [0.3, 0.4) is 0 Å². The molecule has 0 saturated heterocycles. The summed E-state index contributed by atoms with van der Waals surface area (Å²) in [7, 11) is 0. The predicted octanol–water partition coefficient (Wildman–Crippen LogP) is 1.29. The summed E-state index contributed by atoms with van der Waals surface area (Å²) in [6.45, 7) is 1.57. The van der Waals surface area contributed by atoms with Gasteiger partial charge in [0.1, 0.15) is 17.5 Å². The molecule has 0 saturated carbocycles. The normalized spacial score (nSPS) is 18.2. The van der Waals surface area contributed by atoms with E-state index in [-0.39, 0.29) is 23.5 Å². The third-order valence-corrected chi connectivity index (χ3v) is 6.06. The van der Waals surface area contributed by atoms with Gasteiger partial charge in [-0.05, 0) is 43.4 Å². The van der Waals surface area contributed by atoms with Crippen molar-refractivity contribution in [3.63, 3.8) is 0 Å². The van der Waals surface area contributed by atoms with Crippen molar-refractivity contribution in [2.75, 3.05) is 0 Å². The second-order valence-electron chi connectivity index (χ2n) is 8.18. The molecule has 1 amide bonds. The van der Waals surface area contributed by atoms with Gasteiger partial charge >= 0.3 is 5.69 Å². The molecule has 2 aromatic heterocycles. The highest BCUT2D eigenvalue weighted by molar-refractivity contribution is 5.90. The highest BCUT2D eigenvalue weighted by Gasteiger charge is 2.26. The van der Waals surface area contributed by atoms with Gasteiger partial charge in [0.15, 0.2) is 0 Å². The fourth-order valence-corrected chi connectivity index (χ4v) is 4.36. The highest BCUT2D eigenvalue weighted by atomic mass is 19.1. The smallest absolute Gasteiger partial charge is 0.346 e. The van der Waals surface area contributed by atoms with Crippen LogP contribution < -0.4 is 11.0 Å². The van der Waals surface area contributed by atoms with Crippen LogP contribution in [0.2, 0.25) is 0 Å². The van der Waals surface area contributed by atoms with Crippen LogP contribution in [0.4, 0.5) is 4.39 Å². The van der Waals surface area contributed by atoms with Crippen molar-refractivity contribution in [1.82, 2.24) is 34.4 Å². The molecule has 9 nitrogen and oxygen atoms in total. The van der Waals surface area contributed by atoms with E-state index in [0.717, 1.165) is 37.2 Å². The maximum Gasteiger partial charge on any atom is 0.346 e. The molecule has 1 aromatic carbocycles. The van der Waals surface area contributed by atoms with Crippen LogP contribution in [0.5, 0.6) is 0 Å². The van der Waals surface area contributed by atoms with Crippen molar-refractivity contribution in [2.45, 2.75) is 64.2 Å². The minimum atomic E-state index is -0.309. The third kappa shape index (κ3) is 3.89. The first-order valence-electron chi connectivity index (χ1n) is 10.7. The summed E-state index contributed by atoms with van der Waals surface area (Å²) in [5, 5.41) is 15.8. The molecule has 10 heteroatoms. The molecular weight excluding hydrogens is 401 g/mol. The van der Waals surface area contributed by atoms with E-state index in [9.17, 15) is 14.0 Å². The van der Waals surface area contributed by atoms with Gasteiger partial charge in [0.2, 0.25) is 5.82 Å². The second-order valence-corrected chi connectivity index (χ2v) is 8.18. The van der Waals surface area contributed by atoms with E-state index < -0.39 is 0 Å². The molecule has 31 heavy (non-hydrogen) atoms. The number of rotatable bonds is 4. The van der Waals surface area contributed by atoms with Crippen LogP contribution in [0.25, 0.3) is 0 Å². The lowest BCUT2D eigenvalue weighted by atomic mass is 10.1. The number of benzene rings is 1. The van der Waals surface area contributed by atoms with Crippen LogP contribution in [0, 0.1) is 5.82 Å². The molecule has 0 bridgehead atoms. The minimum Gasteiger partial charge on any atom is -0.346 e. The standard InChI is InChI=1S/C21H24FN7O2/c22-15-6-4-14(5-7-15)13-29-21(31)28-12-10-16(8-9-18(28)26-29)23-20(30)19-25-24-17-3-1-2-11-27(17)19/h4-7,16H,1-3,8-13H2,(H,23,30). The van der Waals surface area contributed by atoms with Crippen LogP contribution >= 0.6 is 0 Å². The number of hydrogen-bond donors (Lipinski definition) is 1. The average molecular weight is 425 g/mol. The van der Waals surface area contributed by atoms with Gasteiger partial charge in [-0.3, -0.25) is 9.36 Å². The Labute approximate surface area is 177 Å². The summed E-state index contributed by atoms with van der Waals surface area (Å²) in [6.07, 6.45) is 4.89. The van der Waals surface area contributed by atoms with Crippen LogP contribution in [0.15, 0.2) is 29.1 Å². The number of carbonyl (C=O) groups is 1. The zero-order valence-electron chi connectivity index (χ0n) is 17.1. The molecule has 1 unspecified atom stereocenters. The van der Waals surface area contributed by atoms with Crippen molar-refractivity contribution in [3.05, 3.63) is 63.6 Å². The number of fused-ring (bicyclic) bond motifs is 2. The zero-order valence-corrected chi connectivity index (χ0v) is 17.1. The first-order valence-corrected chi connectivity index (χ1v) is 10.7. The van der Waals surface area contributed by atoms with Gasteiger partial charge < -0.3 is 9.88 Å². The molecule has 2 aliphatic heterocycles. The molecule has 0 radical (unpaired) electrons. The largest absolute Gasteiger partial charge is 0.346 e. The summed E-state index contributed by atoms with van der Waals surface area (Å²) in [5.74, 6) is 1.44. The topological polar surface area (TPSA) is 99.6 Å². The molecule has 3 aromatic rings. The number of aromatic nitrogens is 6.